The van der Waals surface area contributed by atoms with Gasteiger partial charge in [-0.2, -0.15) is 13.2 Å². The van der Waals surface area contributed by atoms with Crippen molar-refractivity contribution in [2.24, 2.45) is 0 Å². The third-order valence-corrected chi connectivity index (χ3v) is 3.67. The molecule has 0 unspecified atom stereocenters. The van der Waals surface area contributed by atoms with Crippen LogP contribution >= 0.6 is 0 Å². The van der Waals surface area contributed by atoms with Gasteiger partial charge in [0.05, 0.1) is 35.0 Å². The highest BCUT2D eigenvalue weighted by Gasteiger charge is 2.36. The van der Waals surface area contributed by atoms with Gasteiger partial charge in [-0.05, 0) is 26.0 Å². The normalized spacial score (nSPS) is 17.1. The average molecular weight is 386 g/mol. The summed E-state index contributed by atoms with van der Waals surface area (Å²) in [6.45, 7) is 2.59. The lowest BCUT2D eigenvalue weighted by Crippen LogP contribution is -2.50. The van der Waals surface area contributed by atoms with Crippen molar-refractivity contribution in [3.63, 3.8) is 0 Å². The molecule has 0 saturated carbocycles. The van der Waals surface area contributed by atoms with Gasteiger partial charge in [0.2, 0.25) is 0 Å². The number of rotatable bonds is 5. The Bertz CT molecular complexity index is 789. The number of carbonyl (C=O) groups is 3. The Morgan fingerprint density at radius 3 is 2.44 bits per heavy atom. The molecule has 27 heavy (non-hydrogen) atoms. The lowest BCUT2D eigenvalue weighted by Gasteiger charge is -2.26. The fourth-order valence-corrected chi connectivity index (χ4v) is 2.52. The van der Waals surface area contributed by atoms with E-state index in [1.54, 1.807) is 6.92 Å². The van der Waals surface area contributed by atoms with Crippen LogP contribution < -0.4 is 10.6 Å². The van der Waals surface area contributed by atoms with Gasteiger partial charge >= 0.3 is 24.1 Å². The van der Waals surface area contributed by atoms with E-state index in [-0.39, 0.29) is 17.9 Å². The molecule has 1 atom stereocenters. The Balaban J connectivity index is 2.25. The zero-order chi connectivity index (χ0) is 20.2. The minimum absolute atomic E-state index is 0.0216. The number of alkyl halides is 3. The summed E-state index contributed by atoms with van der Waals surface area (Å²) in [5.74, 6) is -1.97. The van der Waals surface area contributed by atoms with E-state index in [1.807, 2.05) is 0 Å². The highest BCUT2D eigenvalue weighted by atomic mass is 19.4. The molecule has 0 bridgehead atoms. The van der Waals surface area contributed by atoms with E-state index in [1.165, 1.54) is 13.0 Å². The van der Waals surface area contributed by atoms with Crippen molar-refractivity contribution >= 4 is 18.0 Å². The topological polar surface area (TPSA) is 93.7 Å². The predicted octanol–water partition coefficient (Wildman–Crippen LogP) is 2.38. The van der Waals surface area contributed by atoms with Gasteiger partial charge in [0.25, 0.3) is 0 Å². The fraction of sp³-hybridized carbons (Fsp3) is 0.353. The number of urea groups is 1. The summed E-state index contributed by atoms with van der Waals surface area (Å²) in [6.07, 6.45) is -4.73. The second kappa shape index (κ2) is 8.11. The van der Waals surface area contributed by atoms with Crippen LogP contribution in [0.2, 0.25) is 0 Å². The van der Waals surface area contributed by atoms with Crippen LogP contribution in [0.15, 0.2) is 35.5 Å². The Morgan fingerprint density at radius 1 is 1.15 bits per heavy atom. The molecule has 2 amide bonds. The van der Waals surface area contributed by atoms with Crippen LogP contribution in [0.1, 0.15) is 29.8 Å². The van der Waals surface area contributed by atoms with Crippen molar-refractivity contribution in [2.75, 3.05) is 13.2 Å². The molecule has 0 aromatic heterocycles. The van der Waals surface area contributed by atoms with Gasteiger partial charge in [-0.25, -0.2) is 14.4 Å². The number of benzene rings is 1. The van der Waals surface area contributed by atoms with E-state index in [0.717, 1.165) is 18.2 Å². The maximum atomic E-state index is 13.0. The van der Waals surface area contributed by atoms with Crippen LogP contribution in [0, 0.1) is 0 Å². The first-order valence-electron chi connectivity index (χ1n) is 7.96. The minimum atomic E-state index is -4.73. The average Bonchev–Trinajstić information content (AvgIpc) is 2.58. The third-order valence-electron chi connectivity index (χ3n) is 3.67. The number of hydrogen-bond acceptors (Lipinski definition) is 5. The molecule has 1 heterocycles. The number of carbonyl (C=O) groups excluding carboxylic acids is 3. The molecule has 0 radical (unpaired) electrons. The summed E-state index contributed by atoms with van der Waals surface area (Å²) in [6, 6.07) is 2.79. The lowest BCUT2D eigenvalue weighted by atomic mass is 10.0. The Hall–Kier alpha value is -3.04. The smallest absolute Gasteiger partial charge is 0.417 e. The number of nitrogens with one attached hydrogen (secondary N) is 2. The quantitative estimate of drug-likeness (QED) is 0.758. The zero-order valence-corrected chi connectivity index (χ0v) is 14.5. The van der Waals surface area contributed by atoms with E-state index in [4.69, 9.17) is 9.47 Å². The molecule has 2 N–H and O–H groups in total. The molecule has 0 aliphatic carbocycles. The van der Waals surface area contributed by atoms with Crippen molar-refractivity contribution in [1.29, 1.82) is 0 Å². The van der Waals surface area contributed by atoms with E-state index in [9.17, 15) is 27.6 Å². The highest BCUT2D eigenvalue weighted by Crippen LogP contribution is 2.32. The lowest BCUT2D eigenvalue weighted by molar-refractivity contribution is -0.139. The van der Waals surface area contributed by atoms with Crippen molar-refractivity contribution in [3.05, 3.63) is 46.7 Å². The standard InChI is InChI=1S/C17H17F3N2O5/c1-3-26-15(24)13-9(2)21-16(25)22-12(13)8-27-14(23)10-6-4-5-7-11(10)17(18,19)20/h4-7,9H,3,8H2,1-2H3,(H2,21,22,25)/t9-/m1/s1. The van der Waals surface area contributed by atoms with E-state index >= 15 is 0 Å². The molecule has 0 fully saturated rings. The number of hydrogen-bond donors (Lipinski definition) is 2. The van der Waals surface area contributed by atoms with Crippen LogP contribution in [-0.4, -0.2) is 37.2 Å². The van der Waals surface area contributed by atoms with Gasteiger partial charge in [0.1, 0.15) is 6.61 Å². The van der Waals surface area contributed by atoms with Crippen LogP contribution in [-0.2, 0) is 20.4 Å². The van der Waals surface area contributed by atoms with Crippen LogP contribution in [0.5, 0.6) is 0 Å². The summed E-state index contributed by atoms with van der Waals surface area (Å²) in [5.41, 5.74) is -1.84. The van der Waals surface area contributed by atoms with Gasteiger partial charge in [0, 0.05) is 0 Å². The van der Waals surface area contributed by atoms with Crippen molar-refractivity contribution in [3.8, 4) is 0 Å². The molecule has 10 heteroatoms. The SMILES string of the molecule is CCOC(=O)C1=C(COC(=O)c2ccccc2C(F)(F)F)NC(=O)N[C@@H]1C. The number of esters is 2. The Morgan fingerprint density at radius 2 is 1.81 bits per heavy atom. The molecule has 1 aliphatic rings. The van der Waals surface area contributed by atoms with Crippen LogP contribution in [0.3, 0.4) is 0 Å². The number of halogens is 3. The van der Waals surface area contributed by atoms with Crippen molar-refractivity contribution in [2.45, 2.75) is 26.1 Å². The molecule has 1 aromatic carbocycles. The van der Waals surface area contributed by atoms with Crippen molar-refractivity contribution < 1.29 is 37.0 Å². The Kier molecular flexibility index (Phi) is 6.09. The van der Waals surface area contributed by atoms with Gasteiger partial charge in [-0.1, -0.05) is 12.1 Å². The molecule has 146 valence electrons. The maximum absolute atomic E-state index is 13.0. The van der Waals surface area contributed by atoms with Gasteiger partial charge in [-0.15, -0.1) is 0 Å². The summed E-state index contributed by atoms with van der Waals surface area (Å²) in [7, 11) is 0. The first-order valence-corrected chi connectivity index (χ1v) is 7.96. The second-order valence-corrected chi connectivity index (χ2v) is 5.55. The van der Waals surface area contributed by atoms with Crippen molar-refractivity contribution in [1.82, 2.24) is 10.6 Å². The van der Waals surface area contributed by atoms with Gasteiger partial charge in [-0.3, -0.25) is 0 Å². The van der Waals surface area contributed by atoms with E-state index < -0.39 is 47.9 Å². The summed E-state index contributed by atoms with van der Waals surface area (Å²) in [5, 5.41) is 4.77. The van der Waals surface area contributed by atoms with E-state index in [2.05, 4.69) is 10.6 Å². The Labute approximate surface area is 152 Å². The molecular formula is C17H17F3N2O5. The van der Waals surface area contributed by atoms with Gasteiger partial charge in [0.15, 0.2) is 0 Å². The minimum Gasteiger partial charge on any atom is -0.463 e. The summed E-state index contributed by atoms with van der Waals surface area (Å²) < 4.78 is 48.9. The van der Waals surface area contributed by atoms with Crippen LogP contribution in [0.25, 0.3) is 0 Å². The second-order valence-electron chi connectivity index (χ2n) is 5.55. The number of amides is 2. The molecular weight excluding hydrogens is 369 g/mol. The molecule has 2 rings (SSSR count). The highest BCUT2D eigenvalue weighted by molar-refractivity contribution is 5.95. The third kappa shape index (κ3) is 4.78. The molecule has 1 aliphatic heterocycles. The zero-order valence-electron chi connectivity index (χ0n) is 14.5. The number of ether oxygens (including phenoxy) is 2. The molecule has 7 nitrogen and oxygen atoms in total. The van der Waals surface area contributed by atoms with Crippen LogP contribution in [0.4, 0.5) is 18.0 Å². The first kappa shape index (κ1) is 20.3. The molecule has 0 saturated heterocycles. The predicted molar refractivity (Wildman–Crippen MR) is 86.5 cm³/mol. The molecule has 1 aromatic rings. The largest absolute Gasteiger partial charge is 0.463 e. The molecule has 0 spiro atoms. The summed E-state index contributed by atoms with van der Waals surface area (Å²) >= 11 is 0. The van der Waals surface area contributed by atoms with E-state index in [0.29, 0.717) is 0 Å². The fourth-order valence-electron chi connectivity index (χ4n) is 2.52. The first-order chi connectivity index (χ1) is 12.6. The monoisotopic (exact) mass is 386 g/mol. The summed E-state index contributed by atoms with van der Waals surface area (Å²) in [4.78, 5) is 35.8. The van der Waals surface area contributed by atoms with Gasteiger partial charge < -0.3 is 20.1 Å². The maximum Gasteiger partial charge on any atom is 0.417 e.